The van der Waals surface area contributed by atoms with Crippen LogP contribution in [0.3, 0.4) is 0 Å². The van der Waals surface area contributed by atoms with Crippen LogP contribution in [0.4, 0.5) is 18.0 Å². The topological polar surface area (TPSA) is 49.9 Å². The molecule has 0 aromatic heterocycles. The maximum absolute atomic E-state index is 13.6. The Morgan fingerprint density at radius 1 is 1.19 bits per heavy atom. The summed E-state index contributed by atoms with van der Waals surface area (Å²) in [6.07, 6.45) is 3.20. The highest BCUT2D eigenvalue weighted by Crippen LogP contribution is 2.24. The fraction of sp³-hybridized carbons (Fsp3) is 0.444. The number of piperidine rings is 1. The number of benzene rings is 1. The Hall–Kier alpha value is -2.51. The van der Waals surface area contributed by atoms with Gasteiger partial charge in [-0.3, -0.25) is 9.69 Å². The fourth-order valence-electron chi connectivity index (χ4n) is 3.34. The van der Waals surface area contributed by atoms with E-state index in [0.29, 0.717) is 32.5 Å². The maximum atomic E-state index is 13.6. The van der Waals surface area contributed by atoms with Gasteiger partial charge < -0.3 is 9.64 Å². The van der Waals surface area contributed by atoms with Gasteiger partial charge in [0.2, 0.25) is 5.91 Å². The molecule has 2 saturated heterocycles. The molecule has 0 bridgehead atoms. The summed E-state index contributed by atoms with van der Waals surface area (Å²) < 4.78 is 44.8. The summed E-state index contributed by atoms with van der Waals surface area (Å²) in [7, 11) is 0. The third kappa shape index (κ3) is 3.54. The monoisotopic (exact) mass is 368 g/mol. The van der Waals surface area contributed by atoms with Crippen LogP contribution in [0, 0.1) is 17.5 Å². The lowest BCUT2D eigenvalue weighted by atomic mass is 10.0. The van der Waals surface area contributed by atoms with Crippen molar-refractivity contribution >= 4 is 18.1 Å². The van der Waals surface area contributed by atoms with Crippen LogP contribution in [0.2, 0.25) is 0 Å². The van der Waals surface area contributed by atoms with Crippen molar-refractivity contribution in [2.24, 2.45) is 0 Å². The van der Waals surface area contributed by atoms with Gasteiger partial charge in [-0.25, -0.2) is 18.0 Å². The molecular weight excluding hydrogens is 349 g/mol. The summed E-state index contributed by atoms with van der Waals surface area (Å²) in [6, 6.07) is 1.93. The summed E-state index contributed by atoms with van der Waals surface area (Å²) >= 11 is 0. The second-order valence-electron chi connectivity index (χ2n) is 6.49. The van der Waals surface area contributed by atoms with E-state index in [4.69, 9.17) is 4.74 Å². The molecular formula is C18H19F3N2O3. The molecule has 0 saturated carbocycles. The van der Waals surface area contributed by atoms with Gasteiger partial charge in [0.1, 0.15) is 6.61 Å². The first-order valence-electron chi connectivity index (χ1n) is 8.44. The normalized spacial score (nSPS) is 21.5. The zero-order chi connectivity index (χ0) is 18.8. The zero-order valence-corrected chi connectivity index (χ0v) is 14.3. The minimum Gasteiger partial charge on any atom is -0.447 e. The summed E-state index contributed by atoms with van der Waals surface area (Å²) in [6.45, 7) is 3.19. The number of carbonyl (C=O) groups is 2. The van der Waals surface area contributed by atoms with Crippen LogP contribution < -0.4 is 0 Å². The number of ether oxygens (including phenoxy) is 1. The quantitative estimate of drug-likeness (QED) is 0.609. The van der Waals surface area contributed by atoms with Crippen molar-refractivity contribution in [3.63, 3.8) is 0 Å². The first kappa shape index (κ1) is 18.3. The molecule has 2 aliphatic heterocycles. The predicted octanol–water partition coefficient (Wildman–Crippen LogP) is 2.95. The highest BCUT2D eigenvalue weighted by molar-refractivity contribution is 5.91. The van der Waals surface area contributed by atoms with E-state index in [1.165, 1.54) is 0 Å². The number of nitrogens with zero attached hydrogens (tertiary/aromatic N) is 2. The molecule has 0 aliphatic carbocycles. The number of halogens is 3. The number of carbonyl (C=O) groups excluding carboxylic acids is 2. The van der Waals surface area contributed by atoms with Crippen LogP contribution in [0.1, 0.15) is 25.3 Å². The Bertz CT molecular complexity index is 745. The molecule has 1 aromatic carbocycles. The lowest BCUT2D eigenvalue weighted by Gasteiger charge is -2.36. The average Bonchev–Trinajstić information content (AvgIpc) is 2.97. The van der Waals surface area contributed by atoms with Crippen molar-refractivity contribution in [3.8, 4) is 0 Å². The number of amides is 2. The molecule has 26 heavy (non-hydrogen) atoms. The van der Waals surface area contributed by atoms with Gasteiger partial charge in [-0.1, -0.05) is 0 Å². The van der Waals surface area contributed by atoms with Crippen LogP contribution in [0.15, 0.2) is 18.2 Å². The Labute approximate surface area is 149 Å². The molecule has 8 heteroatoms. The molecule has 2 amide bonds. The summed E-state index contributed by atoms with van der Waals surface area (Å²) in [5.74, 6) is -4.51. The summed E-state index contributed by atoms with van der Waals surface area (Å²) in [5, 5.41) is 0. The van der Waals surface area contributed by atoms with Crippen molar-refractivity contribution in [2.75, 3.05) is 19.7 Å². The molecule has 140 valence electrons. The Morgan fingerprint density at radius 3 is 2.50 bits per heavy atom. The van der Waals surface area contributed by atoms with E-state index in [2.05, 4.69) is 0 Å². The standard InChI is InChI=1S/C18H19F3N2O3/c1-11-10-26-18(25)23(11)13-6-8-22(9-7-13)15(24)5-3-12-2-4-14(19)17(21)16(12)20/h2-5,11,13H,6-10H2,1H3. The highest BCUT2D eigenvalue weighted by atomic mass is 19.2. The van der Waals surface area contributed by atoms with Crippen LogP contribution in [-0.4, -0.2) is 53.6 Å². The van der Waals surface area contributed by atoms with E-state index >= 15 is 0 Å². The van der Waals surface area contributed by atoms with Gasteiger partial charge in [-0.2, -0.15) is 0 Å². The first-order chi connectivity index (χ1) is 12.4. The van der Waals surface area contributed by atoms with Crippen molar-refractivity contribution in [1.82, 2.24) is 9.80 Å². The number of rotatable bonds is 3. The summed E-state index contributed by atoms with van der Waals surface area (Å²) in [4.78, 5) is 27.3. The predicted molar refractivity (Wildman–Crippen MR) is 87.6 cm³/mol. The van der Waals surface area contributed by atoms with Crippen molar-refractivity contribution in [1.29, 1.82) is 0 Å². The third-order valence-corrected chi connectivity index (χ3v) is 4.77. The molecule has 0 N–H and O–H groups in total. The Morgan fingerprint density at radius 2 is 1.88 bits per heavy atom. The van der Waals surface area contributed by atoms with E-state index in [-0.39, 0.29) is 29.6 Å². The minimum atomic E-state index is -1.56. The third-order valence-electron chi connectivity index (χ3n) is 4.77. The van der Waals surface area contributed by atoms with E-state index in [1.54, 1.807) is 9.80 Å². The van der Waals surface area contributed by atoms with E-state index in [9.17, 15) is 22.8 Å². The molecule has 2 fully saturated rings. The molecule has 5 nitrogen and oxygen atoms in total. The number of hydrogen-bond acceptors (Lipinski definition) is 3. The molecule has 1 aromatic rings. The van der Waals surface area contributed by atoms with Crippen molar-refractivity contribution < 1.29 is 27.5 Å². The zero-order valence-electron chi connectivity index (χ0n) is 14.3. The average molecular weight is 368 g/mol. The lowest BCUT2D eigenvalue weighted by molar-refractivity contribution is -0.127. The SMILES string of the molecule is CC1COC(=O)N1C1CCN(C(=O)C=Cc2ccc(F)c(F)c2F)CC1. The van der Waals surface area contributed by atoms with Crippen LogP contribution in [-0.2, 0) is 9.53 Å². The number of hydrogen-bond donors (Lipinski definition) is 0. The molecule has 3 rings (SSSR count). The van der Waals surface area contributed by atoms with Crippen LogP contribution in [0.25, 0.3) is 6.08 Å². The lowest BCUT2D eigenvalue weighted by Crippen LogP contribution is -2.48. The maximum Gasteiger partial charge on any atom is 0.410 e. The van der Waals surface area contributed by atoms with Gasteiger partial charge in [0.05, 0.1) is 6.04 Å². The van der Waals surface area contributed by atoms with Crippen molar-refractivity contribution in [3.05, 3.63) is 41.2 Å². The van der Waals surface area contributed by atoms with Crippen LogP contribution in [0.5, 0.6) is 0 Å². The van der Waals surface area contributed by atoms with Gasteiger partial charge in [0.25, 0.3) is 0 Å². The second kappa shape index (κ2) is 7.39. The molecule has 0 radical (unpaired) electrons. The van der Waals surface area contributed by atoms with Gasteiger partial charge in [-0.15, -0.1) is 0 Å². The fourth-order valence-corrected chi connectivity index (χ4v) is 3.34. The Kier molecular flexibility index (Phi) is 5.20. The second-order valence-corrected chi connectivity index (χ2v) is 6.49. The van der Waals surface area contributed by atoms with Gasteiger partial charge >= 0.3 is 6.09 Å². The molecule has 1 atom stereocenters. The number of cyclic esters (lactones) is 1. The van der Waals surface area contributed by atoms with Gasteiger partial charge in [0, 0.05) is 30.8 Å². The van der Waals surface area contributed by atoms with E-state index < -0.39 is 17.5 Å². The van der Waals surface area contributed by atoms with Crippen molar-refractivity contribution in [2.45, 2.75) is 31.8 Å². The van der Waals surface area contributed by atoms with Gasteiger partial charge in [0.15, 0.2) is 17.5 Å². The smallest absolute Gasteiger partial charge is 0.410 e. The molecule has 1 unspecified atom stereocenters. The highest BCUT2D eigenvalue weighted by Gasteiger charge is 2.37. The van der Waals surface area contributed by atoms with Gasteiger partial charge in [-0.05, 0) is 38.0 Å². The molecule has 0 spiro atoms. The number of likely N-dealkylation sites (tertiary alicyclic amines) is 1. The largest absolute Gasteiger partial charge is 0.447 e. The molecule has 2 heterocycles. The van der Waals surface area contributed by atoms with E-state index in [0.717, 1.165) is 24.3 Å². The Balaban J connectivity index is 1.59. The van der Waals surface area contributed by atoms with Crippen LogP contribution >= 0.6 is 0 Å². The van der Waals surface area contributed by atoms with E-state index in [1.807, 2.05) is 6.92 Å². The molecule has 2 aliphatic rings. The summed E-state index contributed by atoms with van der Waals surface area (Å²) in [5.41, 5.74) is -0.194. The minimum absolute atomic E-state index is 0.0194. The first-order valence-corrected chi connectivity index (χ1v) is 8.44.